The summed E-state index contributed by atoms with van der Waals surface area (Å²) in [4.78, 5) is 8.62. The van der Waals surface area contributed by atoms with E-state index < -0.39 is 24.5 Å². The van der Waals surface area contributed by atoms with Crippen LogP contribution in [0.15, 0.2) is 25.3 Å². The van der Waals surface area contributed by atoms with Crippen LogP contribution in [0.25, 0.3) is 11.2 Å². The Kier molecular flexibility index (Phi) is 4.55. The third-order valence-electron chi connectivity index (χ3n) is 3.82. The van der Waals surface area contributed by atoms with Crippen molar-refractivity contribution in [2.75, 3.05) is 13.2 Å². The average molecular weight is 338 g/mol. The van der Waals surface area contributed by atoms with E-state index in [1.807, 2.05) is 0 Å². The SMILES string of the molecule is C=CCO[C@@H]1[C@H](O)[C@@H](CO)O[C@H]1n1cnc2c(=S)n(C)cnc21. The van der Waals surface area contributed by atoms with Crippen molar-refractivity contribution >= 4 is 23.4 Å². The fourth-order valence-corrected chi connectivity index (χ4v) is 2.82. The molecule has 1 aliphatic rings. The summed E-state index contributed by atoms with van der Waals surface area (Å²) in [5.74, 6) is 0. The van der Waals surface area contributed by atoms with Crippen molar-refractivity contribution in [3.05, 3.63) is 30.0 Å². The zero-order valence-corrected chi connectivity index (χ0v) is 13.4. The molecule has 2 aromatic heterocycles. The van der Waals surface area contributed by atoms with Crippen LogP contribution in [0.4, 0.5) is 0 Å². The Morgan fingerprint density at radius 2 is 2.26 bits per heavy atom. The quantitative estimate of drug-likeness (QED) is 0.599. The lowest BCUT2D eigenvalue weighted by Crippen LogP contribution is -2.35. The number of nitrogens with zero attached hydrogens (tertiary/aromatic N) is 4. The fraction of sp³-hybridized carbons (Fsp3) is 0.500. The molecular weight excluding hydrogens is 320 g/mol. The normalized spacial score (nSPS) is 27.6. The van der Waals surface area contributed by atoms with Gasteiger partial charge in [0.2, 0.25) is 0 Å². The van der Waals surface area contributed by atoms with Gasteiger partial charge in [0.05, 0.1) is 25.9 Å². The highest BCUT2D eigenvalue weighted by Gasteiger charge is 2.45. The lowest BCUT2D eigenvalue weighted by atomic mass is 10.1. The fourth-order valence-electron chi connectivity index (χ4n) is 2.63. The first-order valence-electron chi connectivity index (χ1n) is 7.13. The Morgan fingerprint density at radius 1 is 1.48 bits per heavy atom. The van der Waals surface area contributed by atoms with Crippen LogP contribution in [-0.2, 0) is 16.5 Å². The smallest absolute Gasteiger partial charge is 0.166 e. The van der Waals surface area contributed by atoms with Gasteiger partial charge in [-0.1, -0.05) is 18.3 Å². The summed E-state index contributed by atoms with van der Waals surface area (Å²) in [5, 5.41) is 19.7. The van der Waals surface area contributed by atoms with Crippen molar-refractivity contribution < 1.29 is 19.7 Å². The number of hydrogen-bond acceptors (Lipinski definition) is 7. The van der Waals surface area contributed by atoms with Crippen molar-refractivity contribution in [3.8, 4) is 0 Å². The zero-order valence-electron chi connectivity index (χ0n) is 12.6. The van der Waals surface area contributed by atoms with Crippen LogP contribution < -0.4 is 0 Å². The van der Waals surface area contributed by atoms with Crippen molar-refractivity contribution in [2.24, 2.45) is 7.05 Å². The van der Waals surface area contributed by atoms with Crippen LogP contribution in [0, 0.1) is 4.64 Å². The lowest BCUT2D eigenvalue weighted by Gasteiger charge is -2.21. The number of rotatable bonds is 5. The van der Waals surface area contributed by atoms with E-state index in [1.54, 1.807) is 34.9 Å². The maximum Gasteiger partial charge on any atom is 0.166 e. The Labute approximate surface area is 137 Å². The molecule has 3 rings (SSSR count). The Bertz CT molecular complexity index is 774. The highest BCUT2D eigenvalue weighted by Crippen LogP contribution is 2.33. The molecule has 1 fully saturated rings. The molecule has 1 aliphatic heterocycles. The first-order chi connectivity index (χ1) is 11.1. The van der Waals surface area contributed by atoms with Crippen molar-refractivity contribution in [2.45, 2.75) is 24.5 Å². The Hall–Kier alpha value is -1.65. The Balaban J connectivity index is 2.03. The molecule has 124 valence electrons. The molecule has 4 atom stereocenters. The van der Waals surface area contributed by atoms with E-state index in [0.29, 0.717) is 15.8 Å². The molecule has 0 amide bonds. The minimum atomic E-state index is -0.967. The second-order valence-corrected chi connectivity index (χ2v) is 5.70. The number of aliphatic hydroxyl groups is 2. The number of aromatic nitrogens is 4. The molecule has 0 bridgehead atoms. The van der Waals surface area contributed by atoms with Gasteiger partial charge in [-0.15, -0.1) is 6.58 Å². The van der Waals surface area contributed by atoms with Gasteiger partial charge in [0.15, 0.2) is 11.9 Å². The van der Waals surface area contributed by atoms with Gasteiger partial charge in [0.1, 0.15) is 28.5 Å². The van der Waals surface area contributed by atoms with E-state index in [0.717, 1.165) is 0 Å². The molecule has 2 N–H and O–H groups in total. The summed E-state index contributed by atoms with van der Waals surface area (Å²) in [6.45, 7) is 3.54. The van der Waals surface area contributed by atoms with Crippen LogP contribution in [0.1, 0.15) is 6.23 Å². The minimum absolute atomic E-state index is 0.251. The summed E-state index contributed by atoms with van der Waals surface area (Å²) in [5.41, 5.74) is 1.11. The van der Waals surface area contributed by atoms with Crippen LogP contribution in [-0.4, -0.2) is 60.8 Å². The molecule has 3 heterocycles. The number of ether oxygens (including phenoxy) is 2. The van der Waals surface area contributed by atoms with E-state index in [9.17, 15) is 10.2 Å². The van der Waals surface area contributed by atoms with Crippen LogP contribution in [0.3, 0.4) is 0 Å². The van der Waals surface area contributed by atoms with E-state index in [-0.39, 0.29) is 13.2 Å². The standard InChI is InChI=1S/C14H18N4O4S/c1-3-4-21-11-10(20)8(5-19)22-13(11)18-7-15-9-12(18)16-6-17(2)14(9)23/h3,6-8,10-11,13,19-20H,1,4-5H2,2H3/t8-,10-,11-,13-/m1/s1. The third kappa shape index (κ3) is 2.70. The van der Waals surface area contributed by atoms with Crippen LogP contribution in [0.5, 0.6) is 0 Å². The zero-order chi connectivity index (χ0) is 16.6. The highest BCUT2D eigenvalue weighted by atomic mass is 32.1. The molecule has 0 radical (unpaired) electrons. The van der Waals surface area contributed by atoms with E-state index in [1.165, 1.54) is 0 Å². The highest BCUT2D eigenvalue weighted by molar-refractivity contribution is 7.71. The van der Waals surface area contributed by atoms with E-state index in [2.05, 4.69) is 16.5 Å². The maximum atomic E-state index is 10.3. The number of fused-ring (bicyclic) bond motifs is 1. The molecule has 0 saturated carbocycles. The van der Waals surface area contributed by atoms with E-state index >= 15 is 0 Å². The summed E-state index contributed by atoms with van der Waals surface area (Å²) < 4.78 is 15.3. The number of hydrogen-bond donors (Lipinski definition) is 2. The first kappa shape index (κ1) is 16.2. The van der Waals surface area contributed by atoms with Gasteiger partial charge >= 0.3 is 0 Å². The van der Waals surface area contributed by atoms with Gasteiger partial charge in [-0.25, -0.2) is 9.97 Å². The minimum Gasteiger partial charge on any atom is -0.394 e. The van der Waals surface area contributed by atoms with Crippen molar-refractivity contribution in [1.29, 1.82) is 0 Å². The largest absolute Gasteiger partial charge is 0.394 e. The number of aryl methyl sites for hydroxylation is 1. The summed E-state index contributed by atoms with van der Waals surface area (Å²) in [6.07, 6.45) is 1.68. The second kappa shape index (κ2) is 6.46. The second-order valence-electron chi connectivity index (χ2n) is 5.31. The summed E-state index contributed by atoms with van der Waals surface area (Å²) >= 11 is 5.32. The average Bonchev–Trinajstić information content (AvgIpc) is 3.10. The van der Waals surface area contributed by atoms with Gasteiger partial charge in [-0.05, 0) is 0 Å². The van der Waals surface area contributed by atoms with Gasteiger partial charge in [0, 0.05) is 7.05 Å². The van der Waals surface area contributed by atoms with Gasteiger partial charge in [0.25, 0.3) is 0 Å². The van der Waals surface area contributed by atoms with Gasteiger partial charge in [-0.3, -0.25) is 4.57 Å². The predicted molar refractivity (Wildman–Crippen MR) is 84.3 cm³/mol. The third-order valence-corrected chi connectivity index (χ3v) is 4.30. The molecule has 0 spiro atoms. The lowest BCUT2D eigenvalue weighted by molar-refractivity contribution is -0.0645. The molecular formula is C14H18N4O4S. The first-order valence-corrected chi connectivity index (χ1v) is 7.54. The van der Waals surface area contributed by atoms with Crippen LogP contribution >= 0.6 is 12.2 Å². The molecule has 2 aromatic rings. The summed E-state index contributed by atoms with van der Waals surface area (Å²) in [7, 11) is 1.79. The molecule has 8 nitrogen and oxygen atoms in total. The number of aliphatic hydroxyl groups excluding tert-OH is 2. The predicted octanol–water partition coefficient (Wildman–Crippen LogP) is 0.321. The molecule has 0 unspecified atom stereocenters. The molecule has 1 saturated heterocycles. The van der Waals surface area contributed by atoms with Crippen molar-refractivity contribution in [3.63, 3.8) is 0 Å². The van der Waals surface area contributed by atoms with Gasteiger partial charge < -0.3 is 24.3 Å². The summed E-state index contributed by atoms with van der Waals surface area (Å²) in [6, 6.07) is 0. The topological polar surface area (TPSA) is 94.6 Å². The van der Waals surface area contributed by atoms with Gasteiger partial charge in [-0.2, -0.15) is 0 Å². The number of imidazole rings is 1. The molecule has 0 aliphatic carbocycles. The molecule has 0 aromatic carbocycles. The van der Waals surface area contributed by atoms with Crippen LogP contribution in [0.2, 0.25) is 0 Å². The van der Waals surface area contributed by atoms with E-state index in [4.69, 9.17) is 21.7 Å². The van der Waals surface area contributed by atoms with Crippen molar-refractivity contribution in [1.82, 2.24) is 19.1 Å². The maximum absolute atomic E-state index is 10.3. The molecule has 23 heavy (non-hydrogen) atoms. The molecule has 9 heteroatoms. The Morgan fingerprint density at radius 3 is 2.96 bits per heavy atom. The monoisotopic (exact) mass is 338 g/mol.